The first kappa shape index (κ1) is 14.2. The quantitative estimate of drug-likeness (QED) is 0.779. The van der Waals surface area contributed by atoms with Gasteiger partial charge in [-0.3, -0.25) is 4.79 Å². The number of hydrogen-bond donors (Lipinski definition) is 2. The summed E-state index contributed by atoms with van der Waals surface area (Å²) in [7, 11) is 0. The Labute approximate surface area is 125 Å². The summed E-state index contributed by atoms with van der Waals surface area (Å²) in [6.07, 6.45) is 0.0881. The van der Waals surface area contributed by atoms with E-state index in [9.17, 15) is 13.6 Å². The SMILES string of the molecule is Cc1nc2ccc(CC(=O)Nc3ccc(F)cc3F)cc2[nH]1. The molecule has 6 heteroatoms. The van der Waals surface area contributed by atoms with Crippen molar-refractivity contribution in [2.24, 2.45) is 0 Å². The summed E-state index contributed by atoms with van der Waals surface area (Å²) in [5.74, 6) is -1.06. The highest BCUT2D eigenvalue weighted by Crippen LogP contribution is 2.17. The maximum Gasteiger partial charge on any atom is 0.228 e. The fourth-order valence-electron chi connectivity index (χ4n) is 2.26. The lowest BCUT2D eigenvalue weighted by molar-refractivity contribution is -0.115. The van der Waals surface area contributed by atoms with Gasteiger partial charge in [0.15, 0.2) is 0 Å². The molecule has 0 aliphatic rings. The second-order valence-electron chi connectivity index (χ2n) is 5.02. The molecule has 0 fully saturated rings. The Bertz CT molecular complexity index is 858. The number of aryl methyl sites for hydroxylation is 1. The van der Waals surface area contributed by atoms with Crippen molar-refractivity contribution in [3.63, 3.8) is 0 Å². The van der Waals surface area contributed by atoms with Crippen LogP contribution in [-0.2, 0) is 11.2 Å². The van der Waals surface area contributed by atoms with E-state index in [1.54, 1.807) is 6.07 Å². The van der Waals surface area contributed by atoms with Crippen molar-refractivity contribution in [1.29, 1.82) is 0 Å². The molecule has 0 atom stereocenters. The molecule has 1 heterocycles. The predicted molar refractivity (Wildman–Crippen MR) is 79.5 cm³/mol. The normalized spacial score (nSPS) is 10.9. The minimum Gasteiger partial charge on any atom is -0.342 e. The average molecular weight is 301 g/mol. The van der Waals surface area contributed by atoms with Gasteiger partial charge in [-0.25, -0.2) is 13.8 Å². The topological polar surface area (TPSA) is 57.8 Å². The smallest absolute Gasteiger partial charge is 0.228 e. The van der Waals surface area contributed by atoms with E-state index in [1.165, 1.54) is 6.07 Å². The highest BCUT2D eigenvalue weighted by atomic mass is 19.1. The number of anilines is 1. The third kappa shape index (κ3) is 2.95. The summed E-state index contributed by atoms with van der Waals surface area (Å²) < 4.78 is 26.3. The largest absolute Gasteiger partial charge is 0.342 e. The van der Waals surface area contributed by atoms with Crippen LogP contribution in [0.15, 0.2) is 36.4 Å². The molecule has 0 bridgehead atoms. The summed E-state index contributed by atoms with van der Waals surface area (Å²) in [6.45, 7) is 1.85. The van der Waals surface area contributed by atoms with Crippen LogP contribution in [0.4, 0.5) is 14.5 Å². The van der Waals surface area contributed by atoms with E-state index >= 15 is 0 Å². The second-order valence-corrected chi connectivity index (χ2v) is 5.02. The fraction of sp³-hybridized carbons (Fsp3) is 0.125. The number of imidazole rings is 1. The number of aromatic nitrogens is 2. The van der Waals surface area contributed by atoms with Crippen molar-refractivity contribution >= 4 is 22.6 Å². The number of hydrogen-bond acceptors (Lipinski definition) is 2. The Balaban J connectivity index is 1.74. The van der Waals surface area contributed by atoms with Gasteiger partial charge in [-0.2, -0.15) is 0 Å². The molecule has 0 unspecified atom stereocenters. The molecule has 3 rings (SSSR count). The van der Waals surface area contributed by atoms with E-state index < -0.39 is 11.6 Å². The Morgan fingerprint density at radius 1 is 1.23 bits per heavy atom. The van der Waals surface area contributed by atoms with Gasteiger partial charge in [0.05, 0.1) is 23.1 Å². The third-order valence-electron chi connectivity index (χ3n) is 3.23. The lowest BCUT2D eigenvalue weighted by atomic mass is 10.1. The van der Waals surface area contributed by atoms with Gasteiger partial charge in [0.2, 0.25) is 5.91 Å². The highest BCUT2D eigenvalue weighted by Gasteiger charge is 2.10. The number of amides is 1. The molecule has 1 amide bonds. The van der Waals surface area contributed by atoms with Crippen molar-refractivity contribution in [2.75, 3.05) is 5.32 Å². The minimum atomic E-state index is -0.798. The van der Waals surface area contributed by atoms with E-state index in [0.29, 0.717) is 0 Å². The van der Waals surface area contributed by atoms with Gasteiger partial charge in [-0.15, -0.1) is 0 Å². The number of nitrogens with zero attached hydrogens (tertiary/aromatic N) is 1. The summed E-state index contributed by atoms with van der Waals surface area (Å²) in [5, 5.41) is 2.43. The molecule has 0 radical (unpaired) electrons. The van der Waals surface area contributed by atoms with Gasteiger partial charge in [0, 0.05) is 6.07 Å². The molecule has 112 valence electrons. The van der Waals surface area contributed by atoms with Crippen molar-refractivity contribution in [3.05, 3.63) is 59.4 Å². The number of nitrogens with one attached hydrogen (secondary N) is 2. The van der Waals surface area contributed by atoms with E-state index in [1.807, 2.05) is 19.1 Å². The molecule has 22 heavy (non-hydrogen) atoms. The molecular formula is C16H13F2N3O. The number of benzene rings is 2. The molecule has 0 aliphatic heterocycles. The minimum absolute atomic E-state index is 0.0372. The van der Waals surface area contributed by atoms with E-state index in [0.717, 1.165) is 34.6 Å². The number of H-pyrrole nitrogens is 1. The Morgan fingerprint density at radius 2 is 2.05 bits per heavy atom. The van der Waals surface area contributed by atoms with Crippen molar-refractivity contribution in [3.8, 4) is 0 Å². The zero-order valence-electron chi connectivity index (χ0n) is 11.8. The van der Waals surface area contributed by atoms with Gasteiger partial charge < -0.3 is 10.3 Å². The van der Waals surface area contributed by atoms with Crippen LogP contribution >= 0.6 is 0 Å². The van der Waals surface area contributed by atoms with Crippen LogP contribution < -0.4 is 5.32 Å². The first-order valence-electron chi connectivity index (χ1n) is 6.71. The molecule has 0 saturated heterocycles. The molecule has 3 aromatic rings. The maximum atomic E-state index is 13.5. The Morgan fingerprint density at radius 3 is 2.82 bits per heavy atom. The lowest BCUT2D eigenvalue weighted by Crippen LogP contribution is -2.15. The van der Waals surface area contributed by atoms with E-state index in [-0.39, 0.29) is 18.0 Å². The monoisotopic (exact) mass is 301 g/mol. The summed E-state index contributed by atoms with van der Waals surface area (Å²) >= 11 is 0. The standard InChI is InChI=1S/C16H13F2N3O/c1-9-19-14-4-2-10(6-15(14)20-9)7-16(22)21-13-5-3-11(17)8-12(13)18/h2-6,8H,7H2,1H3,(H,19,20)(H,21,22). The van der Waals surface area contributed by atoms with E-state index in [2.05, 4.69) is 15.3 Å². The number of fused-ring (bicyclic) bond motifs is 1. The molecule has 0 spiro atoms. The number of rotatable bonds is 3. The van der Waals surface area contributed by atoms with Crippen LogP contribution in [0.5, 0.6) is 0 Å². The lowest BCUT2D eigenvalue weighted by Gasteiger charge is -2.06. The molecule has 2 aromatic carbocycles. The molecule has 0 aliphatic carbocycles. The number of aromatic amines is 1. The third-order valence-corrected chi connectivity index (χ3v) is 3.23. The fourth-order valence-corrected chi connectivity index (χ4v) is 2.26. The predicted octanol–water partition coefficient (Wildman–Crippen LogP) is 3.33. The van der Waals surface area contributed by atoms with Gasteiger partial charge in [-0.1, -0.05) is 6.07 Å². The van der Waals surface area contributed by atoms with Crippen molar-refractivity contribution < 1.29 is 13.6 Å². The summed E-state index contributed by atoms with van der Waals surface area (Å²) in [4.78, 5) is 19.3. The number of halogens is 2. The van der Waals surface area contributed by atoms with Crippen LogP contribution in [0, 0.1) is 18.6 Å². The van der Waals surface area contributed by atoms with Gasteiger partial charge in [-0.05, 0) is 36.8 Å². The first-order chi connectivity index (χ1) is 10.5. The molecule has 4 nitrogen and oxygen atoms in total. The number of carbonyl (C=O) groups is 1. The van der Waals surface area contributed by atoms with E-state index in [4.69, 9.17) is 0 Å². The molecule has 2 N–H and O–H groups in total. The zero-order valence-corrected chi connectivity index (χ0v) is 11.8. The molecular weight excluding hydrogens is 288 g/mol. The molecule has 0 saturated carbocycles. The van der Waals surface area contributed by atoms with Crippen LogP contribution in [-0.4, -0.2) is 15.9 Å². The van der Waals surface area contributed by atoms with Crippen molar-refractivity contribution in [1.82, 2.24) is 9.97 Å². The maximum absolute atomic E-state index is 13.5. The highest BCUT2D eigenvalue weighted by molar-refractivity contribution is 5.93. The van der Waals surface area contributed by atoms with Crippen LogP contribution in [0.1, 0.15) is 11.4 Å². The molecule has 1 aromatic heterocycles. The van der Waals surface area contributed by atoms with Crippen LogP contribution in [0.25, 0.3) is 11.0 Å². The van der Waals surface area contributed by atoms with Crippen LogP contribution in [0.2, 0.25) is 0 Å². The van der Waals surface area contributed by atoms with Gasteiger partial charge in [0.1, 0.15) is 17.5 Å². The van der Waals surface area contributed by atoms with Crippen molar-refractivity contribution in [2.45, 2.75) is 13.3 Å². The van der Waals surface area contributed by atoms with Gasteiger partial charge in [0.25, 0.3) is 0 Å². The summed E-state index contributed by atoms with van der Waals surface area (Å²) in [6, 6.07) is 8.47. The van der Waals surface area contributed by atoms with Gasteiger partial charge >= 0.3 is 0 Å². The first-order valence-corrected chi connectivity index (χ1v) is 6.71. The average Bonchev–Trinajstić information content (AvgIpc) is 2.81. The number of carbonyl (C=O) groups excluding carboxylic acids is 1. The summed E-state index contributed by atoms with van der Waals surface area (Å²) in [5.41, 5.74) is 2.41. The second kappa shape index (κ2) is 5.55. The Hall–Kier alpha value is -2.76. The van der Waals surface area contributed by atoms with Crippen LogP contribution in [0.3, 0.4) is 0 Å². The zero-order chi connectivity index (χ0) is 15.7. The Kier molecular flexibility index (Phi) is 3.58.